The first-order chi connectivity index (χ1) is 15.4. The van der Waals surface area contributed by atoms with Crippen LogP contribution in [0, 0.1) is 0 Å². The minimum absolute atomic E-state index is 0.101. The number of nitrogens with one attached hydrogen (secondary N) is 1. The molecule has 0 unspecified atom stereocenters. The van der Waals surface area contributed by atoms with Crippen molar-refractivity contribution in [1.82, 2.24) is 15.2 Å². The van der Waals surface area contributed by atoms with Crippen molar-refractivity contribution in [1.29, 1.82) is 0 Å². The third-order valence-corrected chi connectivity index (χ3v) is 4.89. The molecule has 0 spiro atoms. The smallest absolute Gasteiger partial charge is 0.322 e. The molecule has 0 radical (unpaired) electrons. The van der Waals surface area contributed by atoms with Gasteiger partial charge in [0.2, 0.25) is 5.88 Å². The van der Waals surface area contributed by atoms with Gasteiger partial charge in [0.25, 0.3) is 11.8 Å². The van der Waals surface area contributed by atoms with E-state index in [-0.39, 0.29) is 25.3 Å². The highest BCUT2D eigenvalue weighted by Gasteiger charge is 2.32. The Balaban J connectivity index is 1.61. The molecular weight excluding hydrogens is 414 g/mol. The van der Waals surface area contributed by atoms with Crippen molar-refractivity contribution >= 4 is 17.8 Å². The predicted molar refractivity (Wildman–Crippen MR) is 115 cm³/mol. The quantitative estimate of drug-likeness (QED) is 0.512. The van der Waals surface area contributed by atoms with Crippen molar-refractivity contribution in [3.05, 3.63) is 65.1 Å². The zero-order valence-corrected chi connectivity index (χ0v) is 17.7. The zero-order chi connectivity index (χ0) is 23.1. The summed E-state index contributed by atoms with van der Waals surface area (Å²) in [5.74, 6) is -2.08. The van der Waals surface area contributed by atoms with Crippen molar-refractivity contribution in [3.8, 4) is 11.6 Å². The van der Waals surface area contributed by atoms with E-state index in [1.165, 1.54) is 10.5 Å². The molecule has 2 amide bonds. The maximum Gasteiger partial charge on any atom is 0.322 e. The van der Waals surface area contributed by atoms with Gasteiger partial charge < -0.3 is 25.2 Å². The Kier molecular flexibility index (Phi) is 7.43. The van der Waals surface area contributed by atoms with Gasteiger partial charge in [0, 0.05) is 31.8 Å². The van der Waals surface area contributed by atoms with E-state index in [4.69, 9.17) is 9.84 Å². The average Bonchev–Trinajstić information content (AvgIpc) is 2.77. The van der Waals surface area contributed by atoms with E-state index in [1.54, 1.807) is 18.3 Å². The van der Waals surface area contributed by atoms with Gasteiger partial charge in [0.1, 0.15) is 23.6 Å². The number of carbonyl (C=O) groups excluding carboxylic acids is 2. The van der Waals surface area contributed by atoms with Gasteiger partial charge in [-0.15, -0.1) is 0 Å². The highest BCUT2D eigenvalue weighted by Crippen LogP contribution is 2.23. The first kappa shape index (κ1) is 22.8. The molecule has 1 aromatic carbocycles. The van der Waals surface area contributed by atoms with Gasteiger partial charge >= 0.3 is 5.97 Å². The fourth-order valence-corrected chi connectivity index (χ4v) is 3.29. The van der Waals surface area contributed by atoms with Gasteiger partial charge in [-0.2, -0.15) is 0 Å². The van der Waals surface area contributed by atoms with E-state index < -0.39 is 29.9 Å². The standard InChI is InChI=1S/C23H25N3O6/c1-2-3-15-4-7-17(8-5-15)32-19-9-6-16(12-24-19)14-26-11-10-18(27)21(23(26)31)22(30)25-13-20(28)29/h4-9,12,27H,2-3,10-11,13-14H2,1H3,(H,25,30)(H,28,29). The van der Waals surface area contributed by atoms with Crippen LogP contribution in [0.4, 0.5) is 0 Å². The van der Waals surface area contributed by atoms with Crippen LogP contribution in [-0.2, 0) is 27.3 Å². The number of carboxylic acids is 1. The van der Waals surface area contributed by atoms with E-state index in [1.807, 2.05) is 24.3 Å². The molecule has 32 heavy (non-hydrogen) atoms. The molecule has 9 heteroatoms. The van der Waals surface area contributed by atoms with Crippen molar-refractivity contribution < 1.29 is 29.3 Å². The fraction of sp³-hybridized carbons (Fsp3) is 0.304. The molecule has 0 aliphatic carbocycles. The second-order valence-electron chi connectivity index (χ2n) is 7.38. The highest BCUT2D eigenvalue weighted by atomic mass is 16.5. The molecule has 0 saturated heterocycles. The Morgan fingerprint density at radius 2 is 1.88 bits per heavy atom. The lowest BCUT2D eigenvalue weighted by Gasteiger charge is -2.28. The summed E-state index contributed by atoms with van der Waals surface area (Å²) in [6.07, 6.45) is 3.77. The van der Waals surface area contributed by atoms with Crippen molar-refractivity contribution in [2.24, 2.45) is 0 Å². The van der Waals surface area contributed by atoms with Crippen LogP contribution >= 0.6 is 0 Å². The van der Waals surface area contributed by atoms with Crippen LogP contribution in [0.5, 0.6) is 11.6 Å². The van der Waals surface area contributed by atoms with Crippen LogP contribution in [0.2, 0.25) is 0 Å². The number of hydrogen-bond acceptors (Lipinski definition) is 6. The molecule has 1 aromatic heterocycles. The number of carbonyl (C=O) groups is 3. The second kappa shape index (κ2) is 10.4. The summed E-state index contributed by atoms with van der Waals surface area (Å²) in [5.41, 5.74) is 1.53. The van der Waals surface area contributed by atoms with Crippen LogP contribution in [0.3, 0.4) is 0 Å². The van der Waals surface area contributed by atoms with Crippen LogP contribution in [-0.4, -0.2) is 51.0 Å². The number of aliphatic hydroxyl groups excluding tert-OH is 1. The maximum absolute atomic E-state index is 12.7. The number of pyridine rings is 1. The van der Waals surface area contributed by atoms with Crippen molar-refractivity contribution in [2.75, 3.05) is 13.1 Å². The van der Waals surface area contributed by atoms with E-state index in [0.717, 1.165) is 18.4 Å². The number of carboxylic acid groups (broad SMARTS) is 1. The zero-order valence-electron chi connectivity index (χ0n) is 17.7. The Morgan fingerprint density at radius 3 is 2.50 bits per heavy atom. The Hall–Kier alpha value is -3.88. The SMILES string of the molecule is CCCc1ccc(Oc2ccc(CN3CCC(O)=C(C(=O)NCC(=O)O)C3=O)cn2)cc1. The summed E-state index contributed by atoms with van der Waals surface area (Å²) in [5, 5.41) is 20.8. The fourth-order valence-electron chi connectivity index (χ4n) is 3.29. The van der Waals surface area contributed by atoms with Crippen LogP contribution in [0.15, 0.2) is 53.9 Å². The van der Waals surface area contributed by atoms with Gasteiger partial charge in [0.15, 0.2) is 0 Å². The molecule has 3 rings (SSSR count). The highest BCUT2D eigenvalue weighted by molar-refractivity contribution is 6.19. The Morgan fingerprint density at radius 1 is 1.16 bits per heavy atom. The van der Waals surface area contributed by atoms with Gasteiger partial charge in [-0.05, 0) is 29.7 Å². The number of aliphatic carboxylic acids is 1. The summed E-state index contributed by atoms with van der Waals surface area (Å²) in [6.45, 7) is 1.89. The van der Waals surface area contributed by atoms with E-state index in [2.05, 4.69) is 17.2 Å². The summed E-state index contributed by atoms with van der Waals surface area (Å²) in [4.78, 5) is 41.1. The molecule has 2 heterocycles. The van der Waals surface area contributed by atoms with Gasteiger partial charge in [0.05, 0.1) is 0 Å². The first-order valence-electron chi connectivity index (χ1n) is 10.3. The number of nitrogens with zero attached hydrogens (tertiary/aromatic N) is 2. The van der Waals surface area contributed by atoms with Crippen molar-refractivity contribution in [3.63, 3.8) is 0 Å². The molecule has 1 aliphatic heterocycles. The molecular formula is C23H25N3O6. The van der Waals surface area contributed by atoms with Crippen LogP contribution in [0.1, 0.15) is 30.9 Å². The molecule has 1 aliphatic rings. The Labute approximate surface area is 185 Å². The topological polar surface area (TPSA) is 129 Å². The monoisotopic (exact) mass is 439 g/mol. The number of aryl methyl sites for hydroxylation is 1. The van der Waals surface area contributed by atoms with E-state index >= 15 is 0 Å². The Bertz CT molecular complexity index is 1020. The number of rotatable bonds is 9. The molecule has 0 bridgehead atoms. The molecule has 9 nitrogen and oxygen atoms in total. The summed E-state index contributed by atoms with van der Waals surface area (Å²) >= 11 is 0. The van der Waals surface area contributed by atoms with E-state index in [9.17, 15) is 19.5 Å². The van der Waals surface area contributed by atoms with Gasteiger partial charge in [-0.25, -0.2) is 4.98 Å². The lowest BCUT2D eigenvalue weighted by atomic mass is 10.1. The predicted octanol–water partition coefficient (Wildman–Crippen LogP) is 2.57. The normalized spacial score (nSPS) is 13.8. The largest absolute Gasteiger partial charge is 0.511 e. The van der Waals surface area contributed by atoms with Crippen LogP contribution < -0.4 is 10.1 Å². The summed E-state index contributed by atoms with van der Waals surface area (Å²) < 4.78 is 5.75. The third-order valence-electron chi connectivity index (χ3n) is 4.89. The summed E-state index contributed by atoms with van der Waals surface area (Å²) in [7, 11) is 0. The number of ether oxygens (including phenoxy) is 1. The van der Waals surface area contributed by atoms with Gasteiger partial charge in [-0.1, -0.05) is 31.5 Å². The number of benzene rings is 1. The molecule has 2 aromatic rings. The maximum atomic E-state index is 12.7. The minimum Gasteiger partial charge on any atom is -0.511 e. The lowest BCUT2D eigenvalue weighted by Crippen LogP contribution is -2.43. The second-order valence-corrected chi connectivity index (χ2v) is 7.38. The number of hydrogen-bond donors (Lipinski definition) is 3. The molecule has 3 N–H and O–H groups in total. The van der Waals surface area contributed by atoms with Crippen LogP contribution in [0.25, 0.3) is 0 Å². The van der Waals surface area contributed by atoms with E-state index in [0.29, 0.717) is 11.6 Å². The van der Waals surface area contributed by atoms with Gasteiger partial charge in [-0.3, -0.25) is 14.4 Å². The van der Waals surface area contributed by atoms with Crippen molar-refractivity contribution in [2.45, 2.75) is 32.7 Å². The molecule has 168 valence electrons. The minimum atomic E-state index is -1.25. The first-order valence-corrected chi connectivity index (χ1v) is 10.3. The number of amides is 2. The molecule has 0 saturated carbocycles. The molecule has 0 atom stereocenters. The molecule has 0 fully saturated rings. The number of aliphatic hydroxyl groups is 1. The lowest BCUT2D eigenvalue weighted by molar-refractivity contribution is -0.138. The average molecular weight is 439 g/mol. The summed E-state index contributed by atoms with van der Waals surface area (Å²) in [6, 6.07) is 11.3. The number of aromatic nitrogens is 1. The third kappa shape index (κ3) is 5.84.